The van der Waals surface area contributed by atoms with Crippen LogP contribution in [0.5, 0.6) is 0 Å². The molecule has 156 valence electrons. The summed E-state index contributed by atoms with van der Waals surface area (Å²) in [6.45, 7) is 0. The van der Waals surface area contributed by atoms with Gasteiger partial charge >= 0.3 is 6.18 Å². The molecule has 0 fully saturated rings. The van der Waals surface area contributed by atoms with Crippen LogP contribution in [0.1, 0.15) is 18.4 Å². The smallest absolute Gasteiger partial charge is 0.390 e. The second kappa shape index (κ2) is 8.04. The molecule has 2 unspecified atom stereocenters. The van der Waals surface area contributed by atoms with Gasteiger partial charge in [0.2, 0.25) is 0 Å². The van der Waals surface area contributed by atoms with Crippen LogP contribution < -0.4 is 5.32 Å². The normalized spacial score (nSPS) is 21.3. The number of anilines is 1. The molecule has 8 heteroatoms. The first-order valence-electron chi connectivity index (χ1n) is 9.43. The van der Waals surface area contributed by atoms with Gasteiger partial charge in [-0.15, -0.1) is 0 Å². The molecule has 4 rings (SSSR count). The molecule has 0 aliphatic heterocycles. The Morgan fingerprint density at radius 1 is 1.17 bits per heavy atom. The van der Waals surface area contributed by atoms with Crippen molar-refractivity contribution in [3.05, 3.63) is 77.3 Å². The lowest BCUT2D eigenvalue weighted by molar-refractivity contribution is -0.137. The van der Waals surface area contributed by atoms with Crippen LogP contribution in [-0.2, 0) is 10.9 Å². The van der Waals surface area contributed by atoms with E-state index in [0.717, 1.165) is 35.4 Å². The second-order valence-corrected chi connectivity index (χ2v) is 7.15. The molecule has 2 aliphatic rings. The third-order valence-electron chi connectivity index (χ3n) is 5.20. The number of methoxy groups -OCH3 is 1. The molecule has 0 spiro atoms. The molecule has 2 aliphatic carbocycles. The van der Waals surface area contributed by atoms with Crippen LogP contribution in [0.25, 0.3) is 11.3 Å². The van der Waals surface area contributed by atoms with Crippen molar-refractivity contribution in [3.8, 4) is 11.3 Å². The van der Waals surface area contributed by atoms with Gasteiger partial charge < -0.3 is 15.2 Å². The molecular formula is C22H20F3N3O2. The maximum Gasteiger partial charge on any atom is 0.416 e. The number of nitrogens with one attached hydrogen (secondary N) is 1. The van der Waals surface area contributed by atoms with Crippen molar-refractivity contribution in [1.82, 2.24) is 9.97 Å². The van der Waals surface area contributed by atoms with Gasteiger partial charge in [-0.25, -0.2) is 9.97 Å². The van der Waals surface area contributed by atoms with E-state index in [1.54, 1.807) is 13.2 Å². The van der Waals surface area contributed by atoms with Crippen molar-refractivity contribution in [2.24, 2.45) is 0 Å². The Balaban J connectivity index is 1.60. The summed E-state index contributed by atoms with van der Waals surface area (Å²) < 4.78 is 43.7. The predicted molar refractivity (Wildman–Crippen MR) is 106 cm³/mol. The number of aliphatic hydroxyl groups is 1. The lowest BCUT2D eigenvalue weighted by Crippen LogP contribution is -2.32. The van der Waals surface area contributed by atoms with Gasteiger partial charge in [-0.05, 0) is 41.9 Å². The number of nitrogens with zero attached hydrogens (tertiary/aromatic N) is 2. The molecule has 1 heterocycles. The molecule has 0 amide bonds. The average molecular weight is 415 g/mol. The van der Waals surface area contributed by atoms with E-state index in [1.165, 1.54) is 18.5 Å². The summed E-state index contributed by atoms with van der Waals surface area (Å²) in [4.78, 5) is 8.40. The summed E-state index contributed by atoms with van der Waals surface area (Å²) in [5.74, 6) is 0.511. The Hall–Kier alpha value is -2.97. The van der Waals surface area contributed by atoms with E-state index >= 15 is 0 Å². The maximum absolute atomic E-state index is 12.8. The van der Waals surface area contributed by atoms with E-state index in [1.807, 2.05) is 18.2 Å². The number of ether oxygens (including phenoxy) is 1. The van der Waals surface area contributed by atoms with Crippen molar-refractivity contribution >= 4 is 5.82 Å². The summed E-state index contributed by atoms with van der Waals surface area (Å²) in [5, 5.41) is 13.6. The number of aliphatic hydroxyl groups excluding tert-OH is 1. The number of fused-ring (bicyclic) bond motifs is 1. The van der Waals surface area contributed by atoms with Crippen LogP contribution in [0.15, 0.2) is 71.7 Å². The molecule has 0 bridgehead atoms. The molecule has 5 nitrogen and oxygen atoms in total. The van der Waals surface area contributed by atoms with Crippen LogP contribution in [0.3, 0.4) is 0 Å². The van der Waals surface area contributed by atoms with Crippen molar-refractivity contribution in [2.75, 3.05) is 12.4 Å². The van der Waals surface area contributed by atoms with Crippen LogP contribution >= 0.6 is 0 Å². The molecule has 0 saturated heterocycles. The van der Waals surface area contributed by atoms with Gasteiger partial charge in [0.05, 0.1) is 17.4 Å². The quantitative estimate of drug-likeness (QED) is 0.770. The van der Waals surface area contributed by atoms with E-state index in [4.69, 9.17) is 4.74 Å². The van der Waals surface area contributed by atoms with E-state index in [-0.39, 0.29) is 6.10 Å². The first kappa shape index (κ1) is 20.3. The number of hydrogen-bond acceptors (Lipinski definition) is 5. The first-order chi connectivity index (χ1) is 14.3. The van der Waals surface area contributed by atoms with Gasteiger partial charge in [-0.3, -0.25) is 0 Å². The SMILES string of the molecule is COC1C=C2CC=CC(Nc3cc(-c4ccc(C(F)(F)F)cc4)ncn3)=C2CC1O. The lowest BCUT2D eigenvalue weighted by Gasteiger charge is -2.30. The Labute approximate surface area is 171 Å². The van der Waals surface area contributed by atoms with Crippen LogP contribution in [0, 0.1) is 0 Å². The minimum atomic E-state index is -4.38. The standard InChI is InChI=1S/C22H20F3N3O2/c1-30-20-9-14-3-2-4-17(16(14)10-19(20)29)28-21-11-18(26-12-27-21)13-5-7-15(8-6-13)22(23,24)25/h2,4-9,11-12,19-20,29H,3,10H2,1H3,(H,26,27,28). The molecule has 2 N–H and O–H groups in total. The largest absolute Gasteiger partial charge is 0.416 e. The highest BCUT2D eigenvalue weighted by atomic mass is 19.4. The number of aromatic nitrogens is 2. The molecule has 0 radical (unpaired) electrons. The van der Waals surface area contributed by atoms with E-state index in [0.29, 0.717) is 23.5 Å². The molecule has 30 heavy (non-hydrogen) atoms. The number of rotatable bonds is 4. The summed E-state index contributed by atoms with van der Waals surface area (Å²) in [7, 11) is 1.57. The van der Waals surface area contributed by atoms with Crippen LogP contribution in [0.2, 0.25) is 0 Å². The summed E-state index contributed by atoms with van der Waals surface area (Å²) in [6, 6.07) is 6.53. The highest BCUT2D eigenvalue weighted by Crippen LogP contribution is 2.35. The highest BCUT2D eigenvalue weighted by molar-refractivity contribution is 5.64. The van der Waals surface area contributed by atoms with E-state index < -0.39 is 17.8 Å². The number of alkyl halides is 3. The van der Waals surface area contributed by atoms with Crippen molar-refractivity contribution in [1.29, 1.82) is 0 Å². The molecule has 0 saturated carbocycles. The number of benzene rings is 1. The third-order valence-corrected chi connectivity index (χ3v) is 5.20. The van der Waals surface area contributed by atoms with Gasteiger partial charge in [0.1, 0.15) is 18.2 Å². The Morgan fingerprint density at radius 3 is 2.63 bits per heavy atom. The fourth-order valence-electron chi connectivity index (χ4n) is 3.64. The minimum Gasteiger partial charge on any atom is -0.390 e. The van der Waals surface area contributed by atoms with Crippen LogP contribution in [0.4, 0.5) is 19.0 Å². The first-order valence-corrected chi connectivity index (χ1v) is 9.43. The number of hydrogen-bond donors (Lipinski definition) is 2. The van der Waals surface area contributed by atoms with Gasteiger partial charge in [-0.1, -0.05) is 18.2 Å². The third kappa shape index (κ3) is 4.15. The van der Waals surface area contributed by atoms with E-state index in [2.05, 4.69) is 15.3 Å². The Kier molecular flexibility index (Phi) is 5.44. The van der Waals surface area contributed by atoms with Gasteiger partial charge in [0, 0.05) is 30.9 Å². The predicted octanol–water partition coefficient (Wildman–Crippen LogP) is 4.49. The van der Waals surface area contributed by atoms with Crippen molar-refractivity contribution < 1.29 is 23.0 Å². The lowest BCUT2D eigenvalue weighted by atomic mass is 9.84. The molecular weight excluding hydrogens is 395 g/mol. The Morgan fingerprint density at radius 2 is 1.93 bits per heavy atom. The second-order valence-electron chi connectivity index (χ2n) is 7.15. The fraction of sp³-hybridized carbons (Fsp3) is 0.273. The summed E-state index contributed by atoms with van der Waals surface area (Å²) in [5.41, 5.74) is 3.26. The summed E-state index contributed by atoms with van der Waals surface area (Å²) in [6.07, 6.45) is 3.11. The molecule has 2 aromatic rings. The Bertz CT molecular complexity index is 1030. The molecule has 2 atom stereocenters. The zero-order valence-electron chi connectivity index (χ0n) is 16.1. The zero-order valence-corrected chi connectivity index (χ0v) is 16.1. The maximum atomic E-state index is 12.8. The monoisotopic (exact) mass is 415 g/mol. The number of allylic oxidation sites excluding steroid dienone is 3. The summed E-state index contributed by atoms with van der Waals surface area (Å²) >= 11 is 0. The fourth-order valence-corrected chi connectivity index (χ4v) is 3.64. The van der Waals surface area contributed by atoms with Gasteiger partial charge in [0.15, 0.2) is 0 Å². The zero-order chi connectivity index (χ0) is 21.3. The topological polar surface area (TPSA) is 67.3 Å². The molecule has 1 aromatic carbocycles. The van der Waals surface area contributed by atoms with Gasteiger partial charge in [0.25, 0.3) is 0 Å². The number of halogens is 3. The van der Waals surface area contributed by atoms with E-state index in [9.17, 15) is 18.3 Å². The van der Waals surface area contributed by atoms with Crippen molar-refractivity contribution in [3.63, 3.8) is 0 Å². The van der Waals surface area contributed by atoms with Crippen molar-refractivity contribution in [2.45, 2.75) is 31.2 Å². The average Bonchev–Trinajstić information content (AvgIpc) is 2.73. The van der Waals surface area contributed by atoms with Gasteiger partial charge in [-0.2, -0.15) is 13.2 Å². The highest BCUT2D eigenvalue weighted by Gasteiger charge is 2.30. The minimum absolute atomic E-state index is 0.332. The molecule has 1 aromatic heterocycles. The van der Waals surface area contributed by atoms with Crippen LogP contribution in [-0.4, -0.2) is 34.4 Å².